The van der Waals surface area contributed by atoms with Crippen LogP contribution in [-0.2, 0) is 4.79 Å². The molecular weight excluding hydrogens is 224 g/mol. The fourth-order valence-corrected chi connectivity index (χ4v) is 3.51. The van der Waals surface area contributed by atoms with Crippen molar-refractivity contribution in [1.82, 2.24) is 10.6 Å². The molecule has 0 bridgehead atoms. The molecule has 1 amide bonds. The lowest BCUT2D eigenvalue weighted by molar-refractivity contribution is -0.133. The summed E-state index contributed by atoms with van der Waals surface area (Å²) in [5, 5.41) is 6.73. The van der Waals surface area contributed by atoms with Crippen molar-refractivity contribution >= 4 is 5.91 Å². The number of nitrogens with one attached hydrogen (secondary N) is 2. The van der Waals surface area contributed by atoms with Crippen LogP contribution in [0, 0.1) is 17.3 Å². The molecule has 1 aliphatic carbocycles. The fraction of sp³-hybridized carbons (Fsp3) is 0.933. The molecule has 104 valence electrons. The molecule has 0 aromatic rings. The van der Waals surface area contributed by atoms with Crippen LogP contribution in [0.1, 0.15) is 52.9 Å². The highest BCUT2D eigenvalue weighted by Crippen LogP contribution is 2.34. The van der Waals surface area contributed by atoms with Crippen LogP contribution in [0.15, 0.2) is 0 Å². The Morgan fingerprint density at radius 2 is 2.17 bits per heavy atom. The molecule has 1 saturated carbocycles. The minimum Gasteiger partial charge on any atom is -0.353 e. The van der Waals surface area contributed by atoms with E-state index in [1.54, 1.807) is 0 Å². The van der Waals surface area contributed by atoms with Gasteiger partial charge in [-0.2, -0.15) is 0 Å². The average molecular weight is 252 g/mol. The van der Waals surface area contributed by atoms with Gasteiger partial charge in [0.25, 0.3) is 0 Å². The second-order valence-corrected chi connectivity index (χ2v) is 6.41. The minimum atomic E-state index is -0.149. The molecule has 0 radical (unpaired) electrons. The van der Waals surface area contributed by atoms with E-state index in [1.807, 2.05) is 0 Å². The van der Waals surface area contributed by atoms with Gasteiger partial charge >= 0.3 is 0 Å². The van der Waals surface area contributed by atoms with Gasteiger partial charge in [-0.3, -0.25) is 4.79 Å². The van der Waals surface area contributed by atoms with E-state index >= 15 is 0 Å². The van der Waals surface area contributed by atoms with Crippen molar-refractivity contribution in [3.05, 3.63) is 0 Å². The molecule has 3 nitrogen and oxygen atoms in total. The van der Waals surface area contributed by atoms with E-state index in [4.69, 9.17) is 0 Å². The third-order valence-electron chi connectivity index (χ3n) is 5.41. The Bertz CT molecular complexity index is 297. The molecule has 18 heavy (non-hydrogen) atoms. The summed E-state index contributed by atoms with van der Waals surface area (Å²) in [5.41, 5.74) is -0.149. The summed E-state index contributed by atoms with van der Waals surface area (Å²) in [4.78, 5) is 12.6. The molecule has 0 aromatic heterocycles. The zero-order valence-corrected chi connectivity index (χ0v) is 12.1. The molecular formula is C15H28N2O. The fourth-order valence-electron chi connectivity index (χ4n) is 3.51. The van der Waals surface area contributed by atoms with Crippen LogP contribution in [0.2, 0.25) is 0 Å². The van der Waals surface area contributed by atoms with Crippen molar-refractivity contribution in [2.75, 3.05) is 13.1 Å². The van der Waals surface area contributed by atoms with Gasteiger partial charge in [0.05, 0.1) is 5.41 Å². The van der Waals surface area contributed by atoms with E-state index in [0.29, 0.717) is 17.9 Å². The van der Waals surface area contributed by atoms with Crippen LogP contribution in [0.3, 0.4) is 0 Å². The lowest BCUT2D eigenvalue weighted by Gasteiger charge is -2.37. The molecule has 1 aliphatic heterocycles. The largest absolute Gasteiger partial charge is 0.353 e. The zero-order valence-electron chi connectivity index (χ0n) is 12.1. The quantitative estimate of drug-likeness (QED) is 0.809. The normalized spacial score (nSPS) is 40.7. The van der Waals surface area contributed by atoms with Crippen LogP contribution in [0.25, 0.3) is 0 Å². The lowest BCUT2D eigenvalue weighted by atomic mass is 9.77. The SMILES string of the molecule is CCC1(C(=O)NC2CCC(C)C2C)CCCNC1. The predicted octanol–water partition coefficient (Wildman–Crippen LogP) is 2.32. The van der Waals surface area contributed by atoms with E-state index in [9.17, 15) is 4.79 Å². The summed E-state index contributed by atoms with van der Waals surface area (Å²) >= 11 is 0. The van der Waals surface area contributed by atoms with E-state index in [1.165, 1.54) is 6.42 Å². The smallest absolute Gasteiger partial charge is 0.227 e. The van der Waals surface area contributed by atoms with Crippen molar-refractivity contribution in [1.29, 1.82) is 0 Å². The molecule has 0 aromatic carbocycles. The third kappa shape index (κ3) is 2.56. The Hall–Kier alpha value is -0.570. The average Bonchev–Trinajstić information content (AvgIpc) is 2.71. The van der Waals surface area contributed by atoms with Crippen molar-refractivity contribution in [2.45, 2.75) is 58.9 Å². The van der Waals surface area contributed by atoms with E-state index < -0.39 is 0 Å². The van der Waals surface area contributed by atoms with Crippen molar-refractivity contribution in [3.63, 3.8) is 0 Å². The summed E-state index contributed by atoms with van der Waals surface area (Å²) in [6.45, 7) is 8.64. The van der Waals surface area contributed by atoms with Crippen molar-refractivity contribution in [2.24, 2.45) is 17.3 Å². The highest BCUT2D eigenvalue weighted by molar-refractivity contribution is 5.83. The molecule has 4 unspecified atom stereocenters. The molecule has 2 fully saturated rings. The molecule has 1 saturated heterocycles. The van der Waals surface area contributed by atoms with Crippen LogP contribution in [0.4, 0.5) is 0 Å². The summed E-state index contributed by atoms with van der Waals surface area (Å²) in [7, 11) is 0. The maximum absolute atomic E-state index is 12.6. The van der Waals surface area contributed by atoms with Crippen LogP contribution in [0.5, 0.6) is 0 Å². The van der Waals surface area contributed by atoms with E-state index in [-0.39, 0.29) is 5.41 Å². The van der Waals surface area contributed by atoms with Gasteiger partial charge in [-0.15, -0.1) is 0 Å². The molecule has 1 heterocycles. The first-order valence-corrected chi connectivity index (χ1v) is 7.61. The van der Waals surface area contributed by atoms with Gasteiger partial charge in [-0.25, -0.2) is 0 Å². The van der Waals surface area contributed by atoms with Crippen molar-refractivity contribution in [3.8, 4) is 0 Å². The van der Waals surface area contributed by atoms with Gasteiger partial charge in [0.2, 0.25) is 5.91 Å². The topological polar surface area (TPSA) is 41.1 Å². The standard InChI is InChI=1S/C15H28N2O/c1-4-15(8-5-9-16-10-15)14(18)17-13-7-6-11(2)12(13)3/h11-13,16H,4-10H2,1-3H3,(H,17,18). The second kappa shape index (κ2) is 5.60. The Labute approximate surface area is 111 Å². The van der Waals surface area contributed by atoms with Crippen LogP contribution < -0.4 is 10.6 Å². The number of piperidine rings is 1. The summed E-state index contributed by atoms with van der Waals surface area (Å²) in [6.07, 6.45) is 5.52. The Balaban J connectivity index is 1.97. The number of hydrogen-bond acceptors (Lipinski definition) is 2. The molecule has 2 N–H and O–H groups in total. The molecule has 2 rings (SSSR count). The molecule has 0 spiro atoms. The number of hydrogen-bond donors (Lipinski definition) is 2. The minimum absolute atomic E-state index is 0.149. The van der Waals surface area contributed by atoms with Crippen LogP contribution >= 0.6 is 0 Å². The Morgan fingerprint density at radius 3 is 2.67 bits per heavy atom. The first kappa shape index (κ1) is 13.9. The Kier molecular flexibility index (Phi) is 4.31. The number of rotatable bonds is 3. The summed E-state index contributed by atoms with van der Waals surface area (Å²) in [5.74, 6) is 1.67. The number of carbonyl (C=O) groups excluding carboxylic acids is 1. The first-order chi connectivity index (χ1) is 8.59. The zero-order chi connectivity index (χ0) is 13.2. The second-order valence-electron chi connectivity index (χ2n) is 6.41. The maximum atomic E-state index is 12.6. The summed E-state index contributed by atoms with van der Waals surface area (Å²) < 4.78 is 0. The van der Waals surface area contributed by atoms with E-state index in [0.717, 1.165) is 44.7 Å². The lowest BCUT2D eigenvalue weighted by Crippen LogP contribution is -2.53. The highest BCUT2D eigenvalue weighted by atomic mass is 16.2. The van der Waals surface area contributed by atoms with Gasteiger partial charge < -0.3 is 10.6 Å². The molecule has 4 atom stereocenters. The van der Waals surface area contributed by atoms with Crippen LogP contribution in [-0.4, -0.2) is 25.0 Å². The highest BCUT2D eigenvalue weighted by Gasteiger charge is 2.40. The van der Waals surface area contributed by atoms with Gasteiger partial charge in [0.15, 0.2) is 0 Å². The number of amides is 1. The summed E-state index contributed by atoms with van der Waals surface area (Å²) in [6, 6.07) is 0.401. The van der Waals surface area contributed by atoms with Gasteiger partial charge in [0.1, 0.15) is 0 Å². The van der Waals surface area contributed by atoms with Gasteiger partial charge in [0, 0.05) is 12.6 Å². The maximum Gasteiger partial charge on any atom is 0.227 e. The Morgan fingerprint density at radius 1 is 1.39 bits per heavy atom. The van der Waals surface area contributed by atoms with E-state index in [2.05, 4.69) is 31.4 Å². The molecule has 2 aliphatic rings. The predicted molar refractivity (Wildman–Crippen MR) is 74.3 cm³/mol. The van der Waals surface area contributed by atoms with Gasteiger partial charge in [-0.05, 0) is 50.5 Å². The molecule has 3 heteroatoms. The monoisotopic (exact) mass is 252 g/mol. The first-order valence-electron chi connectivity index (χ1n) is 7.61. The van der Waals surface area contributed by atoms with Crippen molar-refractivity contribution < 1.29 is 4.79 Å². The third-order valence-corrected chi connectivity index (χ3v) is 5.41. The van der Waals surface area contributed by atoms with Gasteiger partial charge in [-0.1, -0.05) is 20.8 Å². The number of carbonyl (C=O) groups is 1.